The number of aldehydes is 1. The van der Waals surface area contributed by atoms with Crippen LogP contribution in [0.3, 0.4) is 0 Å². The molecule has 5 nitrogen and oxygen atoms in total. The van der Waals surface area contributed by atoms with E-state index in [1.54, 1.807) is 6.07 Å². The molecule has 0 spiro atoms. The molecule has 0 atom stereocenters. The number of fused-ring (bicyclic) bond motifs is 1. The van der Waals surface area contributed by atoms with Crippen molar-refractivity contribution in [1.29, 1.82) is 0 Å². The molecule has 0 saturated heterocycles. The summed E-state index contributed by atoms with van der Waals surface area (Å²) in [6.07, 6.45) is 2.54. The molecule has 0 aliphatic carbocycles. The summed E-state index contributed by atoms with van der Waals surface area (Å²) in [6, 6.07) is 9.57. The van der Waals surface area contributed by atoms with Gasteiger partial charge in [-0.1, -0.05) is 18.2 Å². The first-order valence-electron chi connectivity index (χ1n) is 6.64. The highest BCUT2D eigenvalue weighted by molar-refractivity contribution is 5.82. The van der Waals surface area contributed by atoms with Crippen LogP contribution in [0.5, 0.6) is 5.75 Å². The molecular weight excluding hydrogens is 266 g/mol. The number of para-hydroxylation sites is 1. The van der Waals surface area contributed by atoms with Gasteiger partial charge in [0.05, 0.1) is 11.7 Å². The van der Waals surface area contributed by atoms with Crippen molar-refractivity contribution in [2.75, 3.05) is 0 Å². The monoisotopic (exact) mass is 281 g/mol. The number of hydrogen-bond acceptors (Lipinski definition) is 4. The Labute approximate surface area is 122 Å². The third-order valence-corrected chi connectivity index (χ3v) is 3.36. The van der Waals surface area contributed by atoms with Crippen molar-refractivity contribution in [2.24, 2.45) is 7.05 Å². The fourth-order valence-corrected chi connectivity index (χ4v) is 2.36. The van der Waals surface area contributed by atoms with E-state index in [-0.39, 0.29) is 0 Å². The normalized spacial score (nSPS) is 10.8. The van der Waals surface area contributed by atoms with Gasteiger partial charge in [0.1, 0.15) is 18.1 Å². The van der Waals surface area contributed by atoms with E-state index in [0.29, 0.717) is 24.3 Å². The second kappa shape index (κ2) is 5.36. The first-order valence-corrected chi connectivity index (χ1v) is 6.64. The average molecular weight is 281 g/mol. The Morgan fingerprint density at radius 3 is 2.95 bits per heavy atom. The van der Waals surface area contributed by atoms with Gasteiger partial charge >= 0.3 is 0 Å². The Morgan fingerprint density at radius 1 is 1.29 bits per heavy atom. The van der Waals surface area contributed by atoms with Gasteiger partial charge in [0.15, 0.2) is 6.29 Å². The number of aromatic nitrogens is 3. The third-order valence-electron chi connectivity index (χ3n) is 3.36. The minimum absolute atomic E-state index is 0.326. The number of nitrogens with zero attached hydrogens (tertiary/aromatic N) is 3. The molecule has 0 unspecified atom stereocenters. The maximum atomic E-state index is 11.1. The molecule has 0 radical (unpaired) electrons. The molecule has 3 aromatic rings. The van der Waals surface area contributed by atoms with Gasteiger partial charge in [-0.05, 0) is 19.1 Å². The van der Waals surface area contributed by atoms with Crippen LogP contribution in [0.4, 0.5) is 0 Å². The van der Waals surface area contributed by atoms with Crippen molar-refractivity contribution in [3.63, 3.8) is 0 Å². The second-order valence-electron chi connectivity index (χ2n) is 4.87. The minimum Gasteiger partial charge on any atom is -0.486 e. The lowest BCUT2D eigenvalue weighted by Gasteiger charge is -2.10. The fraction of sp³-hybridized carbons (Fsp3) is 0.188. The van der Waals surface area contributed by atoms with Crippen LogP contribution >= 0.6 is 0 Å². The number of carbonyl (C=O) groups is 1. The molecule has 2 aromatic heterocycles. The molecule has 21 heavy (non-hydrogen) atoms. The maximum absolute atomic E-state index is 11.1. The molecule has 3 rings (SSSR count). The van der Waals surface area contributed by atoms with E-state index < -0.39 is 0 Å². The van der Waals surface area contributed by atoms with Gasteiger partial charge in [0.2, 0.25) is 0 Å². The SMILES string of the molecule is Cc1ccc(OCc2cccc3cnn(C)c23)c(C=O)n1. The summed E-state index contributed by atoms with van der Waals surface area (Å²) in [7, 11) is 1.90. The number of carbonyl (C=O) groups excluding carboxylic acids is 1. The Balaban J connectivity index is 1.90. The lowest BCUT2D eigenvalue weighted by atomic mass is 10.1. The van der Waals surface area contributed by atoms with Crippen LogP contribution in [0.1, 0.15) is 21.7 Å². The molecule has 0 saturated carbocycles. The Bertz CT molecular complexity index is 808. The van der Waals surface area contributed by atoms with E-state index in [0.717, 1.165) is 22.2 Å². The molecule has 2 heterocycles. The van der Waals surface area contributed by atoms with Crippen molar-refractivity contribution in [3.05, 3.63) is 53.5 Å². The molecule has 0 aliphatic heterocycles. The summed E-state index contributed by atoms with van der Waals surface area (Å²) in [5.74, 6) is 0.495. The van der Waals surface area contributed by atoms with Crippen LogP contribution < -0.4 is 4.74 Å². The topological polar surface area (TPSA) is 57.0 Å². The van der Waals surface area contributed by atoms with E-state index in [1.165, 1.54) is 0 Å². The Kier molecular flexibility index (Phi) is 3.39. The lowest BCUT2D eigenvalue weighted by Crippen LogP contribution is -2.03. The van der Waals surface area contributed by atoms with Crippen molar-refractivity contribution >= 4 is 17.2 Å². The zero-order chi connectivity index (χ0) is 14.8. The van der Waals surface area contributed by atoms with Gasteiger partial charge < -0.3 is 4.74 Å². The molecule has 5 heteroatoms. The first-order chi connectivity index (χ1) is 10.2. The van der Waals surface area contributed by atoms with Crippen LogP contribution in [0.25, 0.3) is 10.9 Å². The predicted molar refractivity (Wildman–Crippen MR) is 79.4 cm³/mol. The van der Waals surface area contributed by atoms with Crippen LogP contribution in [0.15, 0.2) is 36.5 Å². The van der Waals surface area contributed by atoms with Crippen molar-refractivity contribution in [1.82, 2.24) is 14.8 Å². The van der Waals surface area contributed by atoms with Gasteiger partial charge in [-0.25, -0.2) is 4.98 Å². The highest BCUT2D eigenvalue weighted by atomic mass is 16.5. The number of hydrogen-bond donors (Lipinski definition) is 0. The summed E-state index contributed by atoms with van der Waals surface area (Å²) in [5, 5.41) is 5.32. The quantitative estimate of drug-likeness (QED) is 0.690. The molecule has 0 N–H and O–H groups in total. The lowest BCUT2D eigenvalue weighted by molar-refractivity contribution is 0.111. The maximum Gasteiger partial charge on any atom is 0.172 e. The zero-order valence-corrected chi connectivity index (χ0v) is 11.9. The van der Waals surface area contributed by atoms with E-state index >= 15 is 0 Å². The third kappa shape index (κ3) is 2.50. The number of benzene rings is 1. The fourth-order valence-electron chi connectivity index (χ4n) is 2.36. The van der Waals surface area contributed by atoms with Crippen molar-refractivity contribution in [2.45, 2.75) is 13.5 Å². The van der Waals surface area contributed by atoms with Gasteiger partial charge in [0.25, 0.3) is 0 Å². The molecule has 0 aliphatic rings. The first kappa shape index (κ1) is 13.3. The van der Waals surface area contributed by atoms with Crippen LogP contribution in [0, 0.1) is 6.92 Å². The number of ether oxygens (including phenoxy) is 1. The van der Waals surface area contributed by atoms with E-state index in [2.05, 4.69) is 10.1 Å². The molecule has 0 amide bonds. The second-order valence-corrected chi connectivity index (χ2v) is 4.87. The summed E-state index contributed by atoms with van der Waals surface area (Å²) >= 11 is 0. The van der Waals surface area contributed by atoms with Gasteiger partial charge in [-0.3, -0.25) is 9.48 Å². The van der Waals surface area contributed by atoms with Gasteiger partial charge in [-0.2, -0.15) is 5.10 Å². The van der Waals surface area contributed by atoms with Crippen molar-refractivity contribution < 1.29 is 9.53 Å². The molecule has 0 bridgehead atoms. The minimum atomic E-state index is 0.326. The largest absolute Gasteiger partial charge is 0.486 e. The summed E-state index contributed by atoms with van der Waals surface area (Å²) in [5.41, 5.74) is 3.17. The van der Waals surface area contributed by atoms with E-state index in [4.69, 9.17) is 4.74 Å². The molecule has 106 valence electrons. The van der Waals surface area contributed by atoms with Crippen LogP contribution in [-0.4, -0.2) is 21.1 Å². The van der Waals surface area contributed by atoms with E-state index in [1.807, 2.05) is 49.1 Å². The smallest absolute Gasteiger partial charge is 0.172 e. The zero-order valence-electron chi connectivity index (χ0n) is 11.9. The predicted octanol–water partition coefficient (Wildman–Crippen LogP) is 2.67. The Hall–Kier alpha value is -2.69. The molecular formula is C16H15N3O2. The molecule has 1 aromatic carbocycles. The van der Waals surface area contributed by atoms with E-state index in [9.17, 15) is 4.79 Å². The average Bonchev–Trinajstić information content (AvgIpc) is 2.88. The van der Waals surface area contributed by atoms with Crippen LogP contribution in [-0.2, 0) is 13.7 Å². The highest BCUT2D eigenvalue weighted by Gasteiger charge is 2.09. The van der Waals surface area contributed by atoms with Crippen LogP contribution in [0.2, 0.25) is 0 Å². The number of pyridine rings is 1. The Morgan fingerprint density at radius 2 is 2.14 bits per heavy atom. The number of rotatable bonds is 4. The van der Waals surface area contributed by atoms with Gasteiger partial charge in [-0.15, -0.1) is 0 Å². The standard InChI is InChI=1S/C16H15N3O2/c1-11-6-7-15(14(9-20)18-11)21-10-13-5-3-4-12-8-17-19(2)16(12)13/h3-9H,10H2,1-2H3. The summed E-state index contributed by atoms with van der Waals surface area (Å²) < 4.78 is 7.59. The number of aryl methyl sites for hydroxylation is 2. The molecule has 0 fully saturated rings. The summed E-state index contributed by atoms with van der Waals surface area (Å²) in [4.78, 5) is 15.2. The summed E-state index contributed by atoms with van der Waals surface area (Å²) in [6.45, 7) is 2.20. The van der Waals surface area contributed by atoms with Gasteiger partial charge in [0, 0.05) is 23.7 Å². The highest BCUT2D eigenvalue weighted by Crippen LogP contribution is 2.21. The van der Waals surface area contributed by atoms with Crippen molar-refractivity contribution in [3.8, 4) is 5.75 Å².